The third kappa shape index (κ3) is 4.05. The number of carbonyl (C=O) groups is 1. The van der Waals surface area contributed by atoms with E-state index in [-0.39, 0.29) is 12.4 Å². The Morgan fingerprint density at radius 1 is 1.14 bits per heavy atom. The molecule has 0 spiro atoms. The Balaban J connectivity index is 1.99. The van der Waals surface area contributed by atoms with Crippen molar-refractivity contribution in [3.63, 3.8) is 0 Å². The lowest BCUT2D eigenvalue weighted by Crippen LogP contribution is -2.04. The van der Waals surface area contributed by atoms with Gasteiger partial charge in [0.05, 0.1) is 13.5 Å². The van der Waals surface area contributed by atoms with E-state index in [9.17, 15) is 4.79 Å². The van der Waals surface area contributed by atoms with Crippen LogP contribution < -0.4 is 4.74 Å². The van der Waals surface area contributed by atoms with Crippen molar-refractivity contribution >= 4 is 5.97 Å². The van der Waals surface area contributed by atoms with Crippen molar-refractivity contribution in [1.82, 2.24) is 4.98 Å². The van der Waals surface area contributed by atoms with E-state index in [4.69, 9.17) is 4.74 Å². The van der Waals surface area contributed by atoms with Gasteiger partial charge in [0.25, 0.3) is 0 Å². The van der Waals surface area contributed by atoms with Crippen molar-refractivity contribution in [2.75, 3.05) is 7.11 Å². The van der Waals surface area contributed by atoms with Gasteiger partial charge < -0.3 is 9.47 Å². The van der Waals surface area contributed by atoms with Crippen LogP contribution in [-0.4, -0.2) is 18.1 Å². The van der Waals surface area contributed by atoms with Gasteiger partial charge in [0.2, 0.25) is 0 Å². The average molecular weight is 285 g/mol. The minimum absolute atomic E-state index is 0.245. The molecule has 1 aromatic carbocycles. The first-order valence-corrected chi connectivity index (χ1v) is 6.80. The Morgan fingerprint density at radius 2 is 1.86 bits per heavy atom. The van der Waals surface area contributed by atoms with Crippen LogP contribution in [0.1, 0.15) is 22.4 Å². The van der Waals surface area contributed by atoms with Gasteiger partial charge in [-0.15, -0.1) is 0 Å². The predicted octanol–water partition coefficient (Wildman–Crippen LogP) is 2.99. The van der Waals surface area contributed by atoms with E-state index in [0.29, 0.717) is 6.61 Å². The van der Waals surface area contributed by atoms with E-state index < -0.39 is 0 Å². The molecule has 0 N–H and O–H groups in total. The Kier molecular flexibility index (Phi) is 4.93. The number of carbonyl (C=O) groups excluding carboxylic acids is 1. The molecule has 0 aliphatic heterocycles. The summed E-state index contributed by atoms with van der Waals surface area (Å²) < 4.78 is 10.4. The summed E-state index contributed by atoms with van der Waals surface area (Å²) in [6, 6.07) is 9.44. The third-order valence-corrected chi connectivity index (χ3v) is 3.39. The molecular formula is C17H19NO3. The first-order valence-electron chi connectivity index (χ1n) is 6.80. The largest absolute Gasteiger partial charge is 0.489 e. The summed E-state index contributed by atoms with van der Waals surface area (Å²) in [5.41, 5.74) is 4.17. The monoisotopic (exact) mass is 285 g/mol. The second-order valence-corrected chi connectivity index (χ2v) is 4.88. The van der Waals surface area contributed by atoms with Gasteiger partial charge in [-0.05, 0) is 43.2 Å². The normalized spacial score (nSPS) is 10.2. The van der Waals surface area contributed by atoms with Crippen LogP contribution in [0, 0.1) is 13.8 Å². The van der Waals surface area contributed by atoms with E-state index in [0.717, 1.165) is 22.6 Å². The molecule has 0 atom stereocenters. The van der Waals surface area contributed by atoms with Gasteiger partial charge in [-0.1, -0.05) is 12.1 Å². The molecule has 0 unspecified atom stereocenters. The van der Waals surface area contributed by atoms with Gasteiger partial charge >= 0.3 is 5.97 Å². The average Bonchev–Trinajstić information content (AvgIpc) is 2.48. The molecule has 1 aromatic heterocycles. The topological polar surface area (TPSA) is 48.4 Å². The summed E-state index contributed by atoms with van der Waals surface area (Å²) in [6.07, 6.45) is 2.08. The van der Waals surface area contributed by atoms with Crippen molar-refractivity contribution in [2.24, 2.45) is 0 Å². The summed E-state index contributed by atoms with van der Waals surface area (Å²) in [6.45, 7) is 4.51. The van der Waals surface area contributed by atoms with Crippen LogP contribution in [0.3, 0.4) is 0 Å². The van der Waals surface area contributed by atoms with Gasteiger partial charge in [0.1, 0.15) is 12.4 Å². The Morgan fingerprint density at radius 3 is 2.48 bits per heavy atom. The number of aryl methyl sites for hydroxylation is 2. The Bertz CT molecular complexity index is 600. The first kappa shape index (κ1) is 15.0. The molecule has 2 aromatic rings. The number of nitrogens with zero attached hydrogens (tertiary/aromatic N) is 1. The number of aromatic nitrogens is 1. The first-order chi connectivity index (χ1) is 10.1. The van der Waals surface area contributed by atoms with Gasteiger partial charge in [-0.25, -0.2) is 0 Å². The van der Waals surface area contributed by atoms with E-state index in [2.05, 4.69) is 9.72 Å². The van der Waals surface area contributed by atoms with Gasteiger partial charge in [-0.3, -0.25) is 9.78 Å². The molecule has 0 amide bonds. The number of hydrogen-bond donors (Lipinski definition) is 0. The molecule has 2 rings (SSSR count). The molecule has 0 radical (unpaired) electrons. The molecule has 0 aliphatic carbocycles. The maximum Gasteiger partial charge on any atom is 0.309 e. The molecule has 4 nitrogen and oxygen atoms in total. The van der Waals surface area contributed by atoms with Crippen LogP contribution in [0.4, 0.5) is 0 Å². The van der Waals surface area contributed by atoms with Crippen LogP contribution in [-0.2, 0) is 22.6 Å². The number of methoxy groups -OCH3 is 1. The summed E-state index contributed by atoms with van der Waals surface area (Å²) in [5, 5.41) is 0. The zero-order valence-corrected chi connectivity index (χ0v) is 12.6. The molecule has 1 heterocycles. The van der Waals surface area contributed by atoms with Gasteiger partial charge in [0, 0.05) is 17.5 Å². The molecule has 110 valence electrons. The number of rotatable bonds is 5. The molecule has 0 saturated carbocycles. The van der Waals surface area contributed by atoms with Crippen LogP contribution in [0.25, 0.3) is 0 Å². The van der Waals surface area contributed by atoms with Crippen molar-refractivity contribution < 1.29 is 14.3 Å². The highest BCUT2D eigenvalue weighted by Crippen LogP contribution is 2.17. The lowest BCUT2D eigenvalue weighted by atomic mass is 10.1. The van der Waals surface area contributed by atoms with Crippen molar-refractivity contribution in [1.29, 1.82) is 0 Å². The number of pyridine rings is 1. The quantitative estimate of drug-likeness (QED) is 0.792. The fourth-order valence-corrected chi connectivity index (χ4v) is 2.04. The van der Waals surface area contributed by atoms with Crippen molar-refractivity contribution in [3.05, 3.63) is 58.9 Å². The van der Waals surface area contributed by atoms with Crippen LogP contribution in [0.15, 0.2) is 36.5 Å². The standard InChI is InChI=1S/C17H19NO3/c1-12-8-9-18-13(2)16(12)11-21-15-6-4-14(5-7-15)10-17(19)20-3/h4-9H,10-11H2,1-3H3. The molecule has 4 heteroatoms. The molecule has 0 aliphatic rings. The lowest BCUT2D eigenvalue weighted by molar-refractivity contribution is -0.139. The van der Waals surface area contributed by atoms with Crippen LogP contribution in [0.2, 0.25) is 0 Å². The highest BCUT2D eigenvalue weighted by Gasteiger charge is 2.06. The summed E-state index contributed by atoms with van der Waals surface area (Å²) >= 11 is 0. The second kappa shape index (κ2) is 6.88. The maximum atomic E-state index is 11.2. The summed E-state index contributed by atoms with van der Waals surface area (Å²) in [7, 11) is 1.39. The minimum Gasteiger partial charge on any atom is -0.489 e. The number of hydrogen-bond acceptors (Lipinski definition) is 4. The summed E-state index contributed by atoms with van der Waals surface area (Å²) in [5.74, 6) is 0.525. The Labute approximate surface area is 124 Å². The van der Waals surface area contributed by atoms with Crippen molar-refractivity contribution in [2.45, 2.75) is 26.9 Å². The molecule has 0 saturated heterocycles. The Hall–Kier alpha value is -2.36. The lowest BCUT2D eigenvalue weighted by Gasteiger charge is -2.11. The van der Waals surface area contributed by atoms with E-state index in [1.54, 1.807) is 6.20 Å². The van der Waals surface area contributed by atoms with Crippen molar-refractivity contribution in [3.8, 4) is 5.75 Å². The maximum absolute atomic E-state index is 11.2. The highest BCUT2D eigenvalue weighted by atomic mass is 16.5. The zero-order valence-electron chi connectivity index (χ0n) is 12.6. The molecular weight excluding hydrogens is 266 g/mol. The predicted molar refractivity (Wildman–Crippen MR) is 80.2 cm³/mol. The fraction of sp³-hybridized carbons (Fsp3) is 0.294. The van der Waals surface area contributed by atoms with E-state index in [1.165, 1.54) is 12.7 Å². The zero-order chi connectivity index (χ0) is 15.2. The smallest absolute Gasteiger partial charge is 0.309 e. The highest BCUT2D eigenvalue weighted by molar-refractivity contribution is 5.72. The molecule has 21 heavy (non-hydrogen) atoms. The molecule has 0 fully saturated rings. The SMILES string of the molecule is COC(=O)Cc1ccc(OCc2c(C)ccnc2C)cc1. The number of benzene rings is 1. The number of ether oxygens (including phenoxy) is 2. The van der Waals surface area contributed by atoms with Crippen LogP contribution in [0.5, 0.6) is 5.75 Å². The minimum atomic E-state index is -0.245. The molecule has 0 bridgehead atoms. The number of esters is 1. The third-order valence-electron chi connectivity index (χ3n) is 3.39. The van der Waals surface area contributed by atoms with E-state index >= 15 is 0 Å². The van der Waals surface area contributed by atoms with Gasteiger partial charge in [0.15, 0.2) is 0 Å². The van der Waals surface area contributed by atoms with Crippen LogP contribution >= 0.6 is 0 Å². The summed E-state index contributed by atoms with van der Waals surface area (Å²) in [4.78, 5) is 15.5. The van der Waals surface area contributed by atoms with Gasteiger partial charge in [-0.2, -0.15) is 0 Å². The fourth-order valence-electron chi connectivity index (χ4n) is 2.04. The second-order valence-electron chi connectivity index (χ2n) is 4.88. The van der Waals surface area contributed by atoms with E-state index in [1.807, 2.05) is 44.2 Å².